The van der Waals surface area contributed by atoms with Gasteiger partial charge >= 0.3 is 0 Å². The van der Waals surface area contributed by atoms with Crippen LogP contribution >= 0.6 is 15.9 Å². The highest BCUT2D eigenvalue weighted by Crippen LogP contribution is 2.22. The van der Waals surface area contributed by atoms with Gasteiger partial charge in [0.25, 0.3) is 5.91 Å². The Morgan fingerprint density at radius 2 is 2.25 bits per heavy atom. The van der Waals surface area contributed by atoms with Gasteiger partial charge in [0, 0.05) is 24.1 Å². The lowest BCUT2D eigenvalue weighted by Crippen LogP contribution is -2.46. The fourth-order valence-electron chi connectivity index (χ4n) is 1.11. The summed E-state index contributed by atoms with van der Waals surface area (Å²) in [7, 11) is 1.71. The van der Waals surface area contributed by atoms with Gasteiger partial charge in [0.2, 0.25) is 0 Å². The third-order valence-electron chi connectivity index (χ3n) is 2.57. The zero-order valence-corrected chi connectivity index (χ0v) is 11.2. The first-order chi connectivity index (χ1) is 7.40. The molecule has 0 unspecified atom stereocenters. The van der Waals surface area contributed by atoms with E-state index in [2.05, 4.69) is 20.9 Å². The number of pyridine rings is 1. The van der Waals surface area contributed by atoms with E-state index in [4.69, 9.17) is 0 Å². The number of alkyl halides is 1. The Hall–Kier alpha value is -1.10. The quantitative estimate of drug-likeness (QED) is 0.865. The largest absolute Gasteiger partial charge is 0.505 e. The summed E-state index contributed by atoms with van der Waals surface area (Å²) >= 11 is 3.36. The van der Waals surface area contributed by atoms with Crippen molar-refractivity contribution in [3.05, 3.63) is 24.0 Å². The first kappa shape index (κ1) is 13.0. The van der Waals surface area contributed by atoms with Crippen molar-refractivity contribution in [2.75, 3.05) is 12.4 Å². The number of aromatic nitrogens is 1. The molecule has 1 rings (SSSR count). The van der Waals surface area contributed by atoms with Gasteiger partial charge < -0.3 is 10.0 Å². The second-order valence-electron chi connectivity index (χ2n) is 4.20. The summed E-state index contributed by atoms with van der Waals surface area (Å²) in [5.41, 5.74) is -0.0428. The molecular formula is C11H15BrN2O2. The minimum Gasteiger partial charge on any atom is -0.505 e. The van der Waals surface area contributed by atoms with Crippen LogP contribution in [0, 0.1) is 0 Å². The number of nitrogens with zero attached hydrogens (tertiary/aromatic N) is 2. The number of hydrogen-bond acceptors (Lipinski definition) is 3. The normalized spacial score (nSPS) is 11.2. The molecule has 0 aromatic carbocycles. The molecule has 0 radical (unpaired) electrons. The third-order valence-corrected chi connectivity index (χ3v) is 3.94. The summed E-state index contributed by atoms with van der Waals surface area (Å²) in [5, 5.41) is 10.2. The van der Waals surface area contributed by atoms with Crippen molar-refractivity contribution >= 4 is 21.8 Å². The van der Waals surface area contributed by atoms with Gasteiger partial charge in [-0.3, -0.25) is 9.78 Å². The van der Waals surface area contributed by atoms with E-state index in [-0.39, 0.29) is 22.8 Å². The van der Waals surface area contributed by atoms with Crippen molar-refractivity contribution < 1.29 is 9.90 Å². The minimum absolute atomic E-state index is 0.0928. The number of amides is 1. The van der Waals surface area contributed by atoms with Gasteiger partial charge in [-0.1, -0.05) is 15.9 Å². The van der Waals surface area contributed by atoms with E-state index in [9.17, 15) is 9.90 Å². The predicted molar refractivity (Wildman–Crippen MR) is 65.9 cm³/mol. The van der Waals surface area contributed by atoms with Gasteiger partial charge in [0.1, 0.15) is 5.75 Å². The molecule has 1 heterocycles. The fraction of sp³-hybridized carbons (Fsp3) is 0.455. The summed E-state index contributed by atoms with van der Waals surface area (Å²) in [6, 6.07) is 1.51. The summed E-state index contributed by atoms with van der Waals surface area (Å²) in [6.07, 6.45) is 2.75. The van der Waals surface area contributed by atoms with Crippen LogP contribution in [0.15, 0.2) is 18.5 Å². The molecular weight excluding hydrogens is 272 g/mol. The first-order valence-corrected chi connectivity index (χ1v) is 5.99. The van der Waals surface area contributed by atoms with Crippen molar-refractivity contribution in [2.45, 2.75) is 19.4 Å². The van der Waals surface area contributed by atoms with E-state index in [1.807, 2.05) is 13.8 Å². The molecule has 0 bridgehead atoms. The maximum absolute atomic E-state index is 12.1. The van der Waals surface area contributed by atoms with Crippen LogP contribution in [0.3, 0.4) is 0 Å². The number of aromatic hydroxyl groups is 1. The fourth-order valence-corrected chi connectivity index (χ4v) is 1.49. The highest BCUT2D eigenvalue weighted by Gasteiger charge is 2.28. The molecule has 0 spiro atoms. The zero-order valence-electron chi connectivity index (χ0n) is 9.57. The summed E-state index contributed by atoms with van der Waals surface area (Å²) < 4.78 is 0. The lowest BCUT2D eigenvalue weighted by atomic mass is 10.1. The number of carbonyl (C=O) groups excluding carboxylic acids is 1. The maximum atomic E-state index is 12.1. The lowest BCUT2D eigenvalue weighted by molar-refractivity contribution is 0.0660. The smallest absolute Gasteiger partial charge is 0.257 e. The lowest BCUT2D eigenvalue weighted by Gasteiger charge is -2.34. The van der Waals surface area contributed by atoms with E-state index in [0.717, 1.165) is 0 Å². The highest BCUT2D eigenvalue weighted by molar-refractivity contribution is 9.09. The van der Waals surface area contributed by atoms with Gasteiger partial charge in [-0.2, -0.15) is 0 Å². The molecule has 0 atom stereocenters. The van der Waals surface area contributed by atoms with Crippen LogP contribution in [0.4, 0.5) is 0 Å². The van der Waals surface area contributed by atoms with Crippen LogP contribution in [0.2, 0.25) is 0 Å². The van der Waals surface area contributed by atoms with Crippen LogP contribution < -0.4 is 0 Å². The third kappa shape index (κ3) is 2.52. The summed E-state index contributed by atoms with van der Waals surface area (Å²) in [6.45, 7) is 3.88. The Labute approximate surface area is 103 Å². The van der Waals surface area contributed by atoms with Gasteiger partial charge in [0.15, 0.2) is 0 Å². The number of hydrogen-bond donors (Lipinski definition) is 1. The highest BCUT2D eigenvalue weighted by atomic mass is 79.9. The Morgan fingerprint density at radius 3 is 2.75 bits per heavy atom. The van der Waals surface area contributed by atoms with Crippen LogP contribution in [0.25, 0.3) is 0 Å². The molecule has 88 valence electrons. The SMILES string of the molecule is CN(C(=O)c1ccncc1O)C(C)(C)CBr. The van der Waals surface area contributed by atoms with Crippen molar-refractivity contribution in [2.24, 2.45) is 0 Å². The number of carbonyl (C=O) groups is 1. The van der Waals surface area contributed by atoms with Crippen LogP contribution in [0.5, 0.6) is 5.75 Å². The van der Waals surface area contributed by atoms with Gasteiger partial charge in [-0.25, -0.2) is 0 Å². The molecule has 1 aromatic rings. The molecule has 0 saturated heterocycles. The van der Waals surface area contributed by atoms with Gasteiger partial charge in [-0.15, -0.1) is 0 Å². The Kier molecular flexibility index (Phi) is 3.91. The molecule has 0 fully saturated rings. The summed E-state index contributed by atoms with van der Waals surface area (Å²) in [4.78, 5) is 17.4. The van der Waals surface area contributed by atoms with Gasteiger partial charge in [-0.05, 0) is 19.9 Å². The molecule has 0 aliphatic heterocycles. The molecule has 0 aliphatic carbocycles. The molecule has 0 aliphatic rings. The first-order valence-electron chi connectivity index (χ1n) is 4.87. The van der Waals surface area contributed by atoms with Gasteiger partial charge in [0.05, 0.1) is 11.8 Å². The van der Waals surface area contributed by atoms with Crippen molar-refractivity contribution in [3.8, 4) is 5.75 Å². The van der Waals surface area contributed by atoms with Crippen molar-refractivity contribution in [1.82, 2.24) is 9.88 Å². The van der Waals surface area contributed by atoms with Crippen LogP contribution in [0.1, 0.15) is 24.2 Å². The zero-order chi connectivity index (χ0) is 12.3. The minimum atomic E-state index is -0.313. The average molecular weight is 287 g/mol. The van der Waals surface area contributed by atoms with E-state index in [1.165, 1.54) is 18.5 Å². The van der Waals surface area contributed by atoms with Crippen molar-refractivity contribution in [3.63, 3.8) is 0 Å². The second-order valence-corrected chi connectivity index (χ2v) is 4.76. The molecule has 1 N–H and O–H groups in total. The predicted octanol–water partition coefficient (Wildman–Crippen LogP) is 2.03. The second kappa shape index (κ2) is 4.82. The molecule has 1 aromatic heterocycles. The topological polar surface area (TPSA) is 53.4 Å². The molecule has 1 amide bonds. The maximum Gasteiger partial charge on any atom is 0.257 e. The van der Waals surface area contributed by atoms with Crippen LogP contribution in [-0.4, -0.2) is 38.8 Å². The van der Waals surface area contributed by atoms with E-state index >= 15 is 0 Å². The van der Waals surface area contributed by atoms with Crippen molar-refractivity contribution in [1.29, 1.82) is 0 Å². The number of rotatable bonds is 3. The van der Waals surface area contributed by atoms with Crippen LogP contribution in [-0.2, 0) is 0 Å². The average Bonchev–Trinajstić information content (AvgIpc) is 2.27. The molecule has 4 nitrogen and oxygen atoms in total. The van der Waals surface area contributed by atoms with E-state index < -0.39 is 0 Å². The van der Waals surface area contributed by atoms with E-state index in [1.54, 1.807) is 11.9 Å². The summed E-state index contributed by atoms with van der Waals surface area (Å²) in [5.74, 6) is -0.311. The molecule has 16 heavy (non-hydrogen) atoms. The number of halogens is 1. The standard InChI is InChI=1S/C11H15BrN2O2/c1-11(2,7-12)14(3)10(16)8-4-5-13-6-9(8)15/h4-6,15H,7H2,1-3H3. The van der Waals surface area contributed by atoms with E-state index in [0.29, 0.717) is 5.33 Å². The molecule has 0 saturated carbocycles. The monoisotopic (exact) mass is 286 g/mol. The molecule has 5 heteroatoms. The Balaban J connectivity index is 3.00. The Morgan fingerprint density at radius 1 is 1.62 bits per heavy atom. The Bertz CT molecular complexity index is 393.